The second-order valence-corrected chi connectivity index (χ2v) is 1.77. The molecule has 0 heterocycles. The number of halogens is 1. The summed E-state index contributed by atoms with van der Waals surface area (Å²) in [7, 11) is 0. The predicted octanol–water partition coefficient (Wildman–Crippen LogP) is 1.16. The van der Waals surface area contributed by atoms with Crippen molar-refractivity contribution in [3.8, 4) is 0 Å². The first kappa shape index (κ1) is 5.51. The fraction of sp³-hybridized carbons (Fsp3) is 0.333. The van der Waals surface area contributed by atoms with Crippen LogP contribution in [0, 0.1) is 0 Å². The van der Waals surface area contributed by atoms with Gasteiger partial charge in [0.25, 0.3) is 0 Å². The average molecular weight is 114 g/mol. The van der Waals surface area contributed by atoms with Crippen LogP contribution >= 0.6 is 0 Å². The highest BCUT2D eigenvalue weighted by Crippen LogP contribution is 2.12. The molecule has 0 amide bonds. The van der Waals surface area contributed by atoms with E-state index >= 15 is 0 Å². The van der Waals surface area contributed by atoms with Crippen LogP contribution in [0.15, 0.2) is 24.1 Å². The molecule has 0 bridgehead atoms. The van der Waals surface area contributed by atoms with Crippen molar-refractivity contribution < 1.29 is 9.50 Å². The SMILES string of the molecule is O[C@@H]1C=CC=C(F)C1. The molecule has 2 heteroatoms. The van der Waals surface area contributed by atoms with Crippen LogP contribution in [0.5, 0.6) is 0 Å². The second kappa shape index (κ2) is 2.09. The monoisotopic (exact) mass is 114 g/mol. The average Bonchev–Trinajstić information content (AvgIpc) is 1.64. The smallest absolute Gasteiger partial charge is 0.103 e. The Morgan fingerprint density at radius 3 is 2.88 bits per heavy atom. The van der Waals surface area contributed by atoms with Crippen molar-refractivity contribution in [2.24, 2.45) is 0 Å². The van der Waals surface area contributed by atoms with Gasteiger partial charge in [-0.25, -0.2) is 4.39 Å². The Kier molecular flexibility index (Phi) is 1.44. The molecule has 0 unspecified atom stereocenters. The maximum atomic E-state index is 12.1. The summed E-state index contributed by atoms with van der Waals surface area (Å²) in [5, 5.41) is 8.71. The molecule has 0 saturated carbocycles. The number of aliphatic hydroxyl groups is 1. The predicted molar refractivity (Wildman–Crippen MR) is 29.0 cm³/mol. The van der Waals surface area contributed by atoms with E-state index in [9.17, 15) is 4.39 Å². The van der Waals surface area contributed by atoms with Crippen molar-refractivity contribution in [3.63, 3.8) is 0 Å². The summed E-state index contributed by atoms with van der Waals surface area (Å²) >= 11 is 0. The number of hydrogen-bond acceptors (Lipinski definition) is 1. The molecular weight excluding hydrogens is 107 g/mol. The van der Waals surface area contributed by atoms with Crippen molar-refractivity contribution in [1.82, 2.24) is 0 Å². The van der Waals surface area contributed by atoms with E-state index in [1.54, 1.807) is 6.08 Å². The first-order valence-electron chi connectivity index (χ1n) is 2.50. The molecule has 1 aliphatic carbocycles. The van der Waals surface area contributed by atoms with E-state index in [4.69, 9.17) is 5.11 Å². The summed E-state index contributed by atoms with van der Waals surface area (Å²) in [6, 6.07) is 0. The zero-order chi connectivity index (χ0) is 5.98. The van der Waals surface area contributed by atoms with Crippen molar-refractivity contribution in [2.75, 3.05) is 0 Å². The molecule has 44 valence electrons. The number of hydrogen-bond donors (Lipinski definition) is 1. The molecule has 0 aromatic heterocycles. The van der Waals surface area contributed by atoms with E-state index in [1.165, 1.54) is 12.2 Å². The van der Waals surface area contributed by atoms with Crippen LogP contribution in [0.4, 0.5) is 4.39 Å². The lowest BCUT2D eigenvalue weighted by molar-refractivity contribution is 0.213. The molecule has 0 radical (unpaired) electrons. The van der Waals surface area contributed by atoms with Crippen LogP contribution in [-0.2, 0) is 0 Å². The van der Waals surface area contributed by atoms with Gasteiger partial charge in [0.15, 0.2) is 0 Å². The maximum absolute atomic E-state index is 12.1. The Morgan fingerprint density at radius 2 is 2.50 bits per heavy atom. The summed E-state index contributed by atoms with van der Waals surface area (Å²) in [5.41, 5.74) is 0. The third-order valence-electron chi connectivity index (χ3n) is 1.01. The van der Waals surface area contributed by atoms with E-state index in [1.807, 2.05) is 0 Å². The molecule has 0 fully saturated rings. The van der Waals surface area contributed by atoms with Crippen molar-refractivity contribution in [3.05, 3.63) is 24.1 Å². The summed E-state index contributed by atoms with van der Waals surface area (Å²) < 4.78 is 12.1. The molecule has 0 spiro atoms. The summed E-state index contributed by atoms with van der Waals surface area (Å²) in [5.74, 6) is -0.250. The van der Waals surface area contributed by atoms with Gasteiger partial charge in [0.05, 0.1) is 6.10 Å². The Balaban J connectivity index is 2.59. The van der Waals surface area contributed by atoms with Gasteiger partial charge in [0, 0.05) is 6.42 Å². The minimum atomic E-state index is -0.611. The van der Waals surface area contributed by atoms with Crippen LogP contribution in [-0.4, -0.2) is 11.2 Å². The molecular formula is C6H7FO. The molecule has 0 aromatic carbocycles. The van der Waals surface area contributed by atoms with Crippen molar-refractivity contribution >= 4 is 0 Å². The Labute approximate surface area is 47.1 Å². The highest BCUT2D eigenvalue weighted by molar-refractivity contribution is 5.15. The van der Waals surface area contributed by atoms with Crippen LogP contribution in [0.3, 0.4) is 0 Å². The lowest BCUT2D eigenvalue weighted by Gasteiger charge is -2.05. The van der Waals surface area contributed by atoms with Crippen LogP contribution < -0.4 is 0 Å². The molecule has 0 saturated heterocycles. The van der Waals surface area contributed by atoms with Crippen LogP contribution in [0.25, 0.3) is 0 Å². The van der Waals surface area contributed by atoms with Gasteiger partial charge >= 0.3 is 0 Å². The largest absolute Gasteiger partial charge is 0.389 e. The zero-order valence-corrected chi connectivity index (χ0v) is 4.34. The molecule has 1 atom stereocenters. The molecule has 8 heavy (non-hydrogen) atoms. The Hall–Kier alpha value is -0.630. The third-order valence-corrected chi connectivity index (χ3v) is 1.01. The van der Waals surface area contributed by atoms with Gasteiger partial charge in [-0.1, -0.05) is 12.2 Å². The first-order valence-corrected chi connectivity index (χ1v) is 2.50. The molecule has 0 aliphatic heterocycles. The number of rotatable bonds is 0. The van der Waals surface area contributed by atoms with E-state index in [0.717, 1.165) is 0 Å². The van der Waals surface area contributed by atoms with Gasteiger partial charge in [-0.2, -0.15) is 0 Å². The van der Waals surface area contributed by atoms with E-state index in [-0.39, 0.29) is 12.2 Å². The number of aliphatic hydroxyl groups excluding tert-OH is 1. The highest BCUT2D eigenvalue weighted by Gasteiger charge is 2.05. The van der Waals surface area contributed by atoms with Gasteiger partial charge in [-0.3, -0.25) is 0 Å². The summed E-state index contributed by atoms with van der Waals surface area (Å²) in [6.45, 7) is 0. The normalized spacial score (nSPS) is 27.8. The molecule has 1 rings (SSSR count). The van der Waals surface area contributed by atoms with Gasteiger partial charge in [-0.05, 0) is 6.08 Å². The van der Waals surface area contributed by atoms with Gasteiger partial charge in [0.1, 0.15) is 5.83 Å². The van der Waals surface area contributed by atoms with Gasteiger partial charge in [-0.15, -0.1) is 0 Å². The summed E-state index contributed by atoms with van der Waals surface area (Å²) in [6.07, 6.45) is 3.95. The van der Waals surface area contributed by atoms with Gasteiger partial charge < -0.3 is 5.11 Å². The first-order chi connectivity index (χ1) is 3.79. The van der Waals surface area contributed by atoms with Crippen LogP contribution in [0.2, 0.25) is 0 Å². The van der Waals surface area contributed by atoms with E-state index < -0.39 is 6.10 Å². The molecule has 0 aromatic rings. The number of allylic oxidation sites excluding steroid dienone is 2. The Bertz CT molecular complexity index is 137. The third kappa shape index (κ3) is 1.17. The Morgan fingerprint density at radius 1 is 1.75 bits per heavy atom. The fourth-order valence-electron chi connectivity index (χ4n) is 0.624. The standard InChI is InChI=1S/C6H7FO/c7-5-2-1-3-6(8)4-5/h1-3,6,8H,4H2/t6-/m1/s1. The maximum Gasteiger partial charge on any atom is 0.103 e. The highest BCUT2D eigenvalue weighted by atomic mass is 19.1. The minimum absolute atomic E-state index is 0.135. The quantitative estimate of drug-likeness (QED) is 0.501. The summed E-state index contributed by atoms with van der Waals surface area (Å²) in [4.78, 5) is 0. The topological polar surface area (TPSA) is 20.2 Å². The van der Waals surface area contributed by atoms with Crippen LogP contribution in [0.1, 0.15) is 6.42 Å². The minimum Gasteiger partial charge on any atom is -0.389 e. The van der Waals surface area contributed by atoms with E-state index in [2.05, 4.69) is 0 Å². The lowest BCUT2D eigenvalue weighted by Crippen LogP contribution is -2.03. The van der Waals surface area contributed by atoms with E-state index in [0.29, 0.717) is 0 Å². The molecule has 1 nitrogen and oxygen atoms in total. The van der Waals surface area contributed by atoms with Gasteiger partial charge in [0.2, 0.25) is 0 Å². The van der Waals surface area contributed by atoms with Crippen molar-refractivity contribution in [1.29, 1.82) is 0 Å². The second-order valence-electron chi connectivity index (χ2n) is 1.77. The molecule has 1 aliphatic rings. The lowest BCUT2D eigenvalue weighted by atomic mass is 10.1. The van der Waals surface area contributed by atoms with Crippen molar-refractivity contribution in [2.45, 2.75) is 12.5 Å². The molecule has 1 N–H and O–H groups in total. The zero-order valence-electron chi connectivity index (χ0n) is 4.34. The fourth-order valence-corrected chi connectivity index (χ4v) is 0.624.